The van der Waals surface area contributed by atoms with Crippen LogP contribution in [0.1, 0.15) is 52.9 Å². The van der Waals surface area contributed by atoms with E-state index in [0.717, 1.165) is 74.7 Å². The van der Waals surface area contributed by atoms with Gasteiger partial charge in [-0.2, -0.15) is 0 Å². The maximum atomic E-state index is 13.0. The number of ether oxygens (including phenoxy) is 2. The predicted octanol–water partition coefficient (Wildman–Crippen LogP) is 3.37. The molecule has 2 aromatic rings. The van der Waals surface area contributed by atoms with E-state index in [1.165, 1.54) is 5.56 Å². The highest BCUT2D eigenvalue weighted by molar-refractivity contribution is 5.99. The molecule has 32 heavy (non-hydrogen) atoms. The fourth-order valence-corrected chi connectivity index (χ4v) is 5.08. The molecule has 1 amide bonds. The first-order valence-corrected chi connectivity index (χ1v) is 11.9. The van der Waals surface area contributed by atoms with Gasteiger partial charge in [0.1, 0.15) is 12.4 Å². The average Bonchev–Trinajstić information content (AvgIpc) is 3.21. The van der Waals surface area contributed by atoms with Crippen molar-refractivity contribution in [1.29, 1.82) is 0 Å². The van der Waals surface area contributed by atoms with Crippen molar-refractivity contribution in [2.75, 3.05) is 39.4 Å². The molecule has 3 aliphatic heterocycles. The summed E-state index contributed by atoms with van der Waals surface area (Å²) in [6, 6.07) is 15.2. The van der Waals surface area contributed by atoms with Gasteiger partial charge in [-0.05, 0) is 49.6 Å². The lowest BCUT2D eigenvalue weighted by Crippen LogP contribution is -2.46. The fourth-order valence-electron chi connectivity index (χ4n) is 5.08. The number of nitrogens with zero attached hydrogens (tertiary/aromatic N) is 2. The number of piperidine rings is 1. The molecule has 2 fully saturated rings. The fraction of sp³-hybridized carbons (Fsp3) is 0.500. The second kappa shape index (κ2) is 9.61. The number of nitrogens with one attached hydrogen (secondary N) is 1. The molecule has 3 heterocycles. The van der Waals surface area contributed by atoms with Gasteiger partial charge in [-0.1, -0.05) is 30.3 Å². The molecule has 2 aromatic carbocycles. The SMILES string of the molecule is C[C@H](c1ccc(COc2cccc3c2CN(C2CCCNC2)C3=O)cc1)N1CCOCC1. The monoisotopic (exact) mass is 435 g/mol. The summed E-state index contributed by atoms with van der Waals surface area (Å²) >= 11 is 0. The van der Waals surface area contributed by atoms with Gasteiger partial charge in [-0.15, -0.1) is 0 Å². The summed E-state index contributed by atoms with van der Waals surface area (Å²) in [5, 5.41) is 3.42. The Morgan fingerprint density at radius 3 is 2.72 bits per heavy atom. The lowest BCUT2D eigenvalue weighted by Gasteiger charge is -2.32. The summed E-state index contributed by atoms with van der Waals surface area (Å²) in [7, 11) is 0. The van der Waals surface area contributed by atoms with Crippen molar-refractivity contribution in [1.82, 2.24) is 15.1 Å². The van der Waals surface area contributed by atoms with E-state index in [1.54, 1.807) is 0 Å². The minimum absolute atomic E-state index is 0.139. The summed E-state index contributed by atoms with van der Waals surface area (Å²) in [6.45, 7) is 8.93. The molecular formula is C26H33N3O3. The van der Waals surface area contributed by atoms with Crippen LogP contribution in [-0.2, 0) is 17.9 Å². The van der Waals surface area contributed by atoms with Crippen molar-refractivity contribution >= 4 is 5.91 Å². The summed E-state index contributed by atoms with van der Waals surface area (Å²) < 4.78 is 11.7. The first kappa shape index (κ1) is 21.4. The van der Waals surface area contributed by atoms with Crippen LogP contribution in [-0.4, -0.2) is 61.1 Å². The van der Waals surface area contributed by atoms with Gasteiger partial charge >= 0.3 is 0 Å². The molecule has 0 radical (unpaired) electrons. The van der Waals surface area contributed by atoms with Gasteiger partial charge in [-0.25, -0.2) is 0 Å². The molecule has 1 unspecified atom stereocenters. The van der Waals surface area contributed by atoms with Crippen molar-refractivity contribution in [2.24, 2.45) is 0 Å². The summed E-state index contributed by atoms with van der Waals surface area (Å²) in [5.74, 6) is 0.966. The largest absolute Gasteiger partial charge is 0.489 e. The zero-order valence-electron chi connectivity index (χ0n) is 18.9. The van der Waals surface area contributed by atoms with Crippen molar-refractivity contribution in [3.05, 3.63) is 64.7 Å². The molecule has 2 saturated heterocycles. The highest BCUT2D eigenvalue weighted by atomic mass is 16.5. The third kappa shape index (κ3) is 4.40. The quantitative estimate of drug-likeness (QED) is 0.754. The molecule has 5 rings (SSSR count). The number of amides is 1. The van der Waals surface area contributed by atoms with Crippen molar-refractivity contribution in [3.8, 4) is 5.75 Å². The molecular weight excluding hydrogens is 402 g/mol. The van der Waals surface area contributed by atoms with Gasteiger partial charge in [0.25, 0.3) is 5.91 Å². The number of rotatable bonds is 6. The highest BCUT2D eigenvalue weighted by Crippen LogP contribution is 2.33. The number of fused-ring (bicyclic) bond motifs is 1. The van der Waals surface area contributed by atoms with Gasteiger partial charge in [-0.3, -0.25) is 9.69 Å². The Labute approximate surface area is 190 Å². The average molecular weight is 436 g/mol. The standard InChI is InChI=1S/C26H33N3O3/c1-19(28-12-14-31-15-13-28)21-9-7-20(8-10-21)18-32-25-6-2-5-23-24(25)17-29(26(23)30)22-4-3-11-27-16-22/h2,5-10,19,22,27H,3-4,11-18H2,1H3/t19-,22?/m1/s1. The molecule has 0 saturated carbocycles. The van der Waals surface area contributed by atoms with Gasteiger partial charge in [0.05, 0.1) is 19.8 Å². The Morgan fingerprint density at radius 1 is 1.16 bits per heavy atom. The van der Waals surface area contributed by atoms with E-state index >= 15 is 0 Å². The zero-order valence-corrected chi connectivity index (χ0v) is 18.9. The van der Waals surface area contributed by atoms with Gasteiger partial charge in [0.2, 0.25) is 0 Å². The maximum absolute atomic E-state index is 13.0. The third-order valence-electron chi connectivity index (χ3n) is 7.11. The number of carbonyl (C=O) groups is 1. The molecule has 0 aromatic heterocycles. The van der Waals surface area contributed by atoms with Crippen LogP contribution in [0, 0.1) is 0 Å². The van der Waals surface area contributed by atoms with Crippen LogP contribution >= 0.6 is 0 Å². The van der Waals surface area contributed by atoms with E-state index in [4.69, 9.17) is 9.47 Å². The second-order valence-corrected chi connectivity index (χ2v) is 9.07. The van der Waals surface area contributed by atoms with Gasteiger partial charge < -0.3 is 19.7 Å². The van der Waals surface area contributed by atoms with Gasteiger partial charge in [0.15, 0.2) is 0 Å². The number of hydrogen-bond donors (Lipinski definition) is 1. The topological polar surface area (TPSA) is 54.0 Å². The Morgan fingerprint density at radius 2 is 1.97 bits per heavy atom. The Balaban J connectivity index is 1.23. The predicted molar refractivity (Wildman–Crippen MR) is 124 cm³/mol. The first-order valence-electron chi connectivity index (χ1n) is 11.9. The van der Waals surface area contributed by atoms with E-state index in [9.17, 15) is 4.79 Å². The lowest BCUT2D eigenvalue weighted by molar-refractivity contribution is 0.0198. The molecule has 6 nitrogen and oxygen atoms in total. The Hall–Kier alpha value is -2.41. The van der Waals surface area contributed by atoms with E-state index in [0.29, 0.717) is 19.2 Å². The van der Waals surface area contributed by atoms with E-state index < -0.39 is 0 Å². The van der Waals surface area contributed by atoms with E-state index in [-0.39, 0.29) is 11.9 Å². The molecule has 6 heteroatoms. The first-order chi connectivity index (χ1) is 15.7. The summed E-state index contributed by atoms with van der Waals surface area (Å²) in [6.07, 6.45) is 2.19. The number of morpholine rings is 1. The zero-order chi connectivity index (χ0) is 21.9. The molecule has 3 aliphatic rings. The molecule has 2 atom stereocenters. The number of carbonyl (C=O) groups excluding carboxylic acids is 1. The van der Waals surface area contributed by atoms with Crippen molar-refractivity contribution in [3.63, 3.8) is 0 Å². The van der Waals surface area contributed by atoms with Crippen molar-refractivity contribution in [2.45, 2.75) is 45.0 Å². The molecule has 170 valence electrons. The third-order valence-corrected chi connectivity index (χ3v) is 7.11. The number of benzene rings is 2. The highest BCUT2D eigenvalue weighted by Gasteiger charge is 2.35. The van der Waals surface area contributed by atoms with Crippen LogP contribution in [0.4, 0.5) is 0 Å². The van der Waals surface area contributed by atoms with Crippen LogP contribution in [0.15, 0.2) is 42.5 Å². The van der Waals surface area contributed by atoms with Crippen molar-refractivity contribution < 1.29 is 14.3 Å². The van der Waals surface area contributed by atoms with Crippen LogP contribution in [0.5, 0.6) is 5.75 Å². The molecule has 0 spiro atoms. The minimum atomic E-state index is 0.139. The Bertz CT molecular complexity index is 934. The molecule has 1 N–H and O–H groups in total. The van der Waals surface area contributed by atoms with Crippen LogP contribution in [0.3, 0.4) is 0 Å². The maximum Gasteiger partial charge on any atom is 0.254 e. The second-order valence-electron chi connectivity index (χ2n) is 9.07. The van der Waals surface area contributed by atoms with Gasteiger partial charge in [0, 0.05) is 42.8 Å². The van der Waals surface area contributed by atoms with Crippen LogP contribution in [0.25, 0.3) is 0 Å². The smallest absolute Gasteiger partial charge is 0.254 e. The Kier molecular flexibility index (Phi) is 6.44. The summed E-state index contributed by atoms with van der Waals surface area (Å²) in [4.78, 5) is 17.5. The lowest BCUT2D eigenvalue weighted by atomic mass is 10.0. The van der Waals surface area contributed by atoms with Crippen LogP contribution < -0.4 is 10.1 Å². The molecule has 0 bridgehead atoms. The molecule has 0 aliphatic carbocycles. The summed E-state index contributed by atoms with van der Waals surface area (Å²) in [5.41, 5.74) is 4.28. The van der Waals surface area contributed by atoms with Crippen LogP contribution in [0.2, 0.25) is 0 Å². The number of hydrogen-bond acceptors (Lipinski definition) is 5. The van der Waals surface area contributed by atoms with E-state index in [1.807, 2.05) is 23.1 Å². The minimum Gasteiger partial charge on any atom is -0.489 e. The normalized spacial score (nSPS) is 22.6. The van der Waals surface area contributed by atoms with E-state index in [2.05, 4.69) is 41.4 Å².